The van der Waals surface area contributed by atoms with Crippen LogP contribution >= 0.6 is 0 Å². The first kappa shape index (κ1) is 15.5. The maximum atomic E-state index is 5.60. The van der Waals surface area contributed by atoms with Crippen molar-refractivity contribution in [1.29, 1.82) is 0 Å². The summed E-state index contributed by atoms with van der Waals surface area (Å²) in [5.41, 5.74) is 4.16. The van der Waals surface area contributed by atoms with Crippen molar-refractivity contribution in [2.24, 2.45) is 5.92 Å². The number of para-hydroxylation sites is 1. The fraction of sp³-hybridized carbons (Fsp3) is 0.364. The van der Waals surface area contributed by atoms with Crippen LogP contribution in [0.5, 0.6) is 5.75 Å². The maximum Gasteiger partial charge on any atom is 0.126 e. The summed E-state index contributed by atoms with van der Waals surface area (Å²) in [7, 11) is 1.77. The highest BCUT2D eigenvalue weighted by Gasteiger charge is 2.32. The van der Waals surface area contributed by atoms with Crippen LogP contribution in [0.15, 0.2) is 60.7 Å². The summed E-state index contributed by atoms with van der Waals surface area (Å²) >= 11 is 0. The first-order valence-corrected chi connectivity index (χ1v) is 8.95. The van der Waals surface area contributed by atoms with Gasteiger partial charge in [0.05, 0.1) is 7.11 Å². The van der Waals surface area contributed by atoms with Crippen molar-refractivity contribution in [3.63, 3.8) is 0 Å². The number of hydrogen-bond donors (Lipinski definition) is 0. The Labute approximate surface area is 144 Å². The highest BCUT2D eigenvalue weighted by Crippen LogP contribution is 2.39. The highest BCUT2D eigenvalue weighted by molar-refractivity contribution is 5.71. The molecule has 5 rings (SSSR count). The summed E-state index contributed by atoms with van der Waals surface area (Å²) in [6, 6.07) is 19.8. The normalized spacial score (nSPS) is 23.6. The average molecular weight is 319 g/mol. The van der Waals surface area contributed by atoms with Gasteiger partial charge in [0, 0.05) is 24.7 Å². The van der Waals surface area contributed by atoms with E-state index in [1.54, 1.807) is 7.11 Å². The molecule has 0 N–H and O–H groups in total. The summed E-state index contributed by atoms with van der Waals surface area (Å²) in [4.78, 5) is 2.66. The molecule has 2 heterocycles. The molecule has 0 amide bonds. The molecule has 1 fully saturated rings. The monoisotopic (exact) mass is 319 g/mol. The lowest BCUT2D eigenvalue weighted by atomic mass is 9.91. The van der Waals surface area contributed by atoms with Gasteiger partial charge in [0.25, 0.3) is 0 Å². The molecule has 3 aliphatic rings. The Balaban J connectivity index is 1.62. The van der Waals surface area contributed by atoms with E-state index in [2.05, 4.69) is 65.6 Å². The van der Waals surface area contributed by atoms with Crippen LogP contribution in [0.2, 0.25) is 0 Å². The molecule has 0 radical (unpaired) electrons. The minimum absolute atomic E-state index is 0.545. The van der Waals surface area contributed by atoms with Gasteiger partial charge in [0.1, 0.15) is 5.75 Å². The molecule has 2 unspecified atom stereocenters. The standard InChI is InChI=1S/C22H25NO/c1-24-22-10-6-5-9-21(22)19-13-18-11-12-20(14-19)23(16-18)15-17-7-3-2-4-8-17/h2-10,14,18,20H,11-13,15-16H2,1H3. The molecule has 0 saturated carbocycles. The number of ether oxygens (including phenoxy) is 1. The van der Waals surface area contributed by atoms with Gasteiger partial charge in [0.15, 0.2) is 0 Å². The Bertz CT molecular complexity index is 722. The maximum absolute atomic E-state index is 5.60. The molecule has 2 atom stereocenters. The van der Waals surface area contributed by atoms with Crippen LogP contribution in [0.25, 0.3) is 5.57 Å². The van der Waals surface area contributed by atoms with Gasteiger partial charge in [0.2, 0.25) is 0 Å². The van der Waals surface area contributed by atoms with Crippen LogP contribution in [0.1, 0.15) is 30.4 Å². The molecule has 2 aliphatic heterocycles. The van der Waals surface area contributed by atoms with E-state index >= 15 is 0 Å². The minimum atomic E-state index is 0.545. The van der Waals surface area contributed by atoms with Crippen LogP contribution in [-0.4, -0.2) is 24.6 Å². The van der Waals surface area contributed by atoms with Crippen molar-refractivity contribution >= 4 is 5.57 Å². The van der Waals surface area contributed by atoms with Crippen LogP contribution in [-0.2, 0) is 6.54 Å². The fourth-order valence-corrected chi connectivity index (χ4v) is 4.22. The summed E-state index contributed by atoms with van der Waals surface area (Å²) in [6.45, 7) is 2.26. The molecule has 124 valence electrons. The molecule has 0 spiro atoms. The van der Waals surface area contributed by atoms with E-state index in [0.717, 1.165) is 18.2 Å². The molecule has 1 aliphatic carbocycles. The van der Waals surface area contributed by atoms with E-state index in [-0.39, 0.29) is 0 Å². The zero-order chi connectivity index (χ0) is 16.4. The minimum Gasteiger partial charge on any atom is -0.496 e. The molecular formula is C22H25NO. The highest BCUT2D eigenvalue weighted by atomic mass is 16.5. The first-order chi connectivity index (χ1) is 11.8. The van der Waals surface area contributed by atoms with E-state index < -0.39 is 0 Å². The molecule has 2 bridgehead atoms. The van der Waals surface area contributed by atoms with E-state index in [1.165, 1.54) is 42.5 Å². The van der Waals surface area contributed by atoms with Gasteiger partial charge < -0.3 is 4.74 Å². The van der Waals surface area contributed by atoms with Gasteiger partial charge in [-0.25, -0.2) is 0 Å². The Morgan fingerprint density at radius 2 is 1.79 bits per heavy atom. The van der Waals surface area contributed by atoms with Gasteiger partial charge >= 0.3 is 0 Å². The topological polar surface area (TPSA) is 12.5 Å². The first-order valence-electron chi connectivity index (χ1n) is 8.95. The van der Waals surface area contributed by atoms with Crippen LogP contribution in [0, 0.1) is 5.92 Å². The third-order valence-electron chi connectivity index (χ3n) is 5.42. The Morgan fingerprint density at radius 1 is 1.00 bits per heavy atom. The van der Waals surface area contributed by atoms with Crippen LogP contribution < -0.4 is 4.74 Å². The number of allylic oxidation sites excluding steroid dienone is 1. The molecule has 2 nitrogen and oxygen atoms in total. The summed E-state index contributed by atoms with van der Waals surface area (Å²) in [6.07, 6.45) is 6.29. The molecule has 0 aromatic heterocycles. The third kappa shape index (κ3) is 3.11. The fourth-order valence-electron chi connectivity index (χ4n) is 4.22. The number of piperidine rings is 1. The van der Waals surface area contributed by atoms with Crippen molar-refractivity contribution < 1.29 is 4.74 Å². The average Bonchev–Trinajstić information content (AvgIpc) is 2.94. The second kappa shape index (κ2) is 6.82. The van der Waals surface area contributed by atoms with Crippen LogP contribution in [0.4, 0.5) is 0 Å². The third-order valence-corrected chi connectivity index (χ3v) is 5.42. The van der Waals surface area contributed by atoms with Crippen molar-refractivity contribution in [1.82, 2.24) is 4.90 Å². The lowest BCUT2D eigenvalue weighted by molar-refractivity contribution is 0.135. The Morgan fingerprint density at radius 3 is 2.62 bits per heavy atom. The van der Waals surface area contributed by atoms with Gasteiger partial charge in [-0.2, -0.15) is 0 Å². The molecule has 2 aromatic rings. The molecule has 2 heteroatoms. The lowest BCUT2D eigenvalue weighted by Gasteiger charge is -2.36. The van der Waals surface area contributed by atoms with E-state index in [0.29, 0.717) is 6.04 Å². The van der Waals surface area contributed by atoms with Gasteiger partial charge in [-0.05, 0) is 42.4 Å². The van der Waals surface area contributed by atoms with Crippen molar-refractivity contribution in [3.05, 3.63) is 71.8 Å². The zero-order valence-corrected chi connectivity index (χ0v) is 14.3. The molecular weight excluding hydrogens is 294 g/mol. The zero-order valence-electron chi connectivity index (χ0n) is 14.3. The molecule has 1 saturated heterocycles. The van der Waals surface area contributed by atoms with Gasteiger partial charge in [-0.1, -0.05) is 54.6 Å². The number of hydrogen-bond acceptors (Lipinski definition) is 2. The number of rotatable bonds is 4. The second-order valence-corrected chi connectivity index (χ2v) is 7.02. The Hall–Kier alpha value is -2.06. The smallest absolute Gasteiger partial charge is 0.126 e. The summed E-state index contributed by atoms with van der Waals surface area (Å²) in [5.74, 6) is 1.75. The van der Waals surface area contributed by atoms with E-state index in [9.17, 15) is 0 Å². The summed E-state index contributed by atoms with van der Waals surface area (Å²) in [5, 5.41) is 0. The van der Waals surface area contributed by atoms with Gasteiger partial charge in [-0.15, -0.1) is 0 Å². The van der Waals surface area contributed by atoms with Crippen molar-refractivity contribution in [2.75, 3.05) is 13.7 Å². The number of benzene rings is 2. The molecule has 24 heavy (non-hydrogen) atoms. The van der Waals surface area contributed by atoms with E-state index in [1.807, 2.05) is 0 Å². The Kier molecular flexibility index (Phi) is 4.40. The number of nitrogens with zero attached hydrogens (tertiary/aromatic N) is 1. The van der Waals surface area contributed by atoms with Crippen LogP contribution in [0.3, 0.4) is 0 Å². The van der Waals surface area contributed by atoms with E-state index in [4.69, 9.17) is 4.74 Å². The quantitative estimate of drug-likeness (QED) is 0.805. The molecule has 2 aromatic carbocycles. The number of fused-ring (bicyclic) bond motifs is 3. The predicted molar refractivity (Wildman–Crippen MR) is 99.0 cm³/mol. The summed E-state index contributed by atoms with van der Waals surface area (Å²) < 4.78 is 5.60. The van der Waals surface area contributed by atoms with Gasteiger partial charge in [-0.3, -0.25) is 4.90 Å². The lowest BCUT2D eigenvalue weighted by Crippen LogP contribution is -2.40. The number of methoxy groups -OCH3 is 1. The second-order valence-electron chi connectivity index (χ2n) is 7.02. The largest absolute Gasteiger partial charge is 0.496 e. The predicted octanol–water partition coefficient (Wildman–Crippen LogP) is 4.76. The van der Waals surface area contributed by atoms with Crippen molar-refractivity contribution in [2.45, 2.75) is 31.8 Å². The van der Waals surface area contributed by atoms with Crippen molar-refractivity contribution in [3.8, 4) is 5.75 Å². The SMILES string of the molecule is COc1ccccc1C1=CC2CCC(C1)CN2Cc1ccccc1.